The average Bonchev–Trinajstić information content (AvgIpc) is 2.53. The molecule has 0 N–H and O–H groups in total. The van der Waals surface area contributed by atoms with Crippen molar-refractivity contribution in [1.29, 1.82) is 0 Å². The van der Waals surface area contributed by atoms with Crippen LogP contribution in [0, 0.1) is 18.2 Å². The van der Waals surface area contributed by atoms with Crippen molar-refractivity contribution in [1.82, 2.24) is 4.98 Å². The zero-order valence-corrected chi connectivity index (χ0v) is 12.6. The van der Waals surface area contributed by atoms with Crippen molar-refractivity contribution in [2.24, 2.45) is 0 Å². The predicted molar refractivity (Wildman–Crippen MR) is 89.2 cm³/mol. The highest BCUT2D eigenvalue weighted by molar-refractivity contribution is 5.98. The third-order valence-corrected chi connectivity index (χ3v) is 3.74. The van der Waals surface area contributed by atoms with Crippen LogP contribution in [0.5, 0.6) is 0 Å². The third-order valence-electron chi connectivity index (χ3n) is 3.74. The maximum Gasteiger partial charge on any atom is 0.123 e. The fourth-order valence-corrected chi connectivity index (χ4v) is 2.71. The van der Waals surface area contributed by atoms with E-state index in [9.17, 15) is 4.39 Å². The standard InChI is InChI=1S/C20H16FN/c1-4-16-19(14-9-11-15(21)12-10-14)17-7-5-6-8-18(17)22-20(16)13(2)3/h1,5-13H,2-3H3. The topological polar surface area (TPSA) is 12.9 Å². The number of para-hydroxylation sites is 1. The van der Waals surface area contributed by atoms with E-state index in [0.29, 0.717) is 0 Å². The van der Waals surface area contributed by atoms with E-state index in [1.807, 2.05) is 24.3 Å². The highest BCUT2D eigenvalue weighted by atomic mass is 19.1. The lowest BCUT2D eigenvalue weighted by molar-refractivity contribution is 0.628. The van der Waals surface area contributed by atoms with Gasteiger partial charge in [0.1, 0.15) is 5.82 Å². The van der Waals surface area contributed by atoms with Crippen LogP contribution in [0.4, 0.5) is 4.39 Å². The zero-order chi connectivity index (χ0) is 15.7. The van der Waals surface area contributed by atoms with E-state index in [-0.39, 0.29) is 11.7 Å². The van der Waals surface area contributed by atoms with Crippen LogP contribution in [0.1, 0.15) is 31.0 Å². The Bertz CT molecular complexity index is 871. The molecule has 0 radical (unpaired) electrons. The number of nitrogens with zero attached hydrogens (tertiary/aromatic N) is 1. The lowest BCUT2D eigenvalue weighted by Crippen LogP contribution is -2.01. The van der Waals surface area contributed by atoms with E-state index in [4.69, 9.17) is 11.4 Å². The Balaban J connectivity index is 2.44. The second kappa shape index (κ2) is 5.61. The van der Waals surface area contributed by atoms with Gasteiger partial charge in [0, 0.05) is 10.9 Å². The van der Waals surface area contributed by atoms with Crippen LogP contribution < -0.4 is 0 Å². The quantitative estimate of drug-likeness (QED) is 0.595. The van der Waals surface area contributed by atoms with E-state index in [2.05, 4.69) is 19.8 Å². The number of aromatic nitrogens is 1. The number of hydrogen-bond donors (Lipinski definition) is 0. The van der Waals surface area contributed by atoms with Crippen molar-refractivity contribution in [2.45, 2.75) is 19.8 Å². The molecule has 0 saturated carbocycles. The molecule has 108 valence electrons. The summed E-state index contributed by atoms with van der Waals surface area (Å²) >= 11 is 0. The van der Waals surface area contributed by atoms with Crippen molar-refractivity contribution in [3.05, 3.63) is 65.6 Å². The first-order valence-corrected chi connectivity index (χ1v) is 7.27. The summed E-state index contributed by atoms with van der Waals surface area (Å²) in [6.07, 6.45) is 5.78. The fraction of sp³-hybridized carbons (Fsp3) is 0.150. The van der Waals surface area contributed by atoms with Crippen LogP contribution in [-0.2, 0) is 0 Å². The number of halogens is 1. The molecule has 0 unspecified atom stereocenters. The van der Waals surface area contributed by atoms with Crippen LogP contribution in [-0.4, -0.2) is 4.98 Å². The minimum atomic E-state index is -0.256. The second-order valence-electron chi connectivity index (χ2n) is 5.57. The first-order valence-electron chi connectivity index (χ1n) is 7.27. The minimum Gasteiger partial charge on any atom is -0.251 e. The van der Waals surface area contributed by atoms with Crippen molar-refractivity contribution in [3.8, 4) is 23.5 Å². The molecule has 0 aliphatic rings. The lowest BCUT2D eigenvalue weighted by atomic mass is 9.91. The Labute approximate surface area is 129 Å². The van der Waals surface area contributed by atoms with Gasteiger partial charge in [-0.3, -0.25) is 4.98 Å². The molecule has 0 aliphatic carbocycles. The Hall–Kier alpha value is -2.66. The fourth-order valence-electron chi connectivity index (χ4n) is 2.71. The van der Waals surface area contributed by atoms with E-state index < -0.39 is 0 Å². The number of rotatable bonds is 2. The van der Waals surface area contributed by atoms with Crippen LogP contribution in [0.25, 0.3) is 22.0 Å². The van der Waals surface area contributed by atoms with E-state index in [0.717, 1.165) is 33.3 Å². The molecule has 0 saturated heterocycles. The van der Waals surface area contributed by atoms with Crippen molar-refractivity contribution in [2.75, 3.05) is 0 Å². The van der Waals surface area contributed by atoms with Crippen LogP contribution >= 0.6 is 0 Å². The van der Waals surface area contributed by atoms with Crippen molar-refractivity contribution in [3.63, 3.8) is 0 Å². The summed E-state index contributed by atoms with van der Waals surface area (Å²) in [4.78, 5) is 4.73. The molecular weight excluding hydrogens is 273 g/mol. The van der Waals surface area contributed by atoms with Gasteiger partial charge in [-0.25, -0.2) is 4.39 Å². The summed E-state index contributed by atoms with van der Waals surface area (Å²) < 4.78 is 13.3. The van der Waals surface area contributed by atoms with E-state index >= 15 is 0 Å². The Morgan fingerprint density at radius 3 is 2.36 bits per heavy atom. The molecule has 1 nitrogen and oxygen atoms in total. The second-order valence-corrected chi connectivity index (χ2v) is 5.57. The molecule has 0 bridgehead atoms. The largest absolute Gasteiger partial charge is 0.251 e. The SMILES string of the molecule is C#Cc1c(C(C)C)nc2ccccc2c1-c1ccc(F)cc1. The molecule has 2 heteroatoms. The van der Waals surface area contributed by atoms with Gasteiger partial charge in [0.05, 0.1) is 16.8 Å². The molecule has 0 atom stereocenters. The summed E-state index contributed by atoms with van der Waals surface area (Å²) in [6, 6.07) is 14.4. The first kappa shape index (κ1) is 14.3. The van der Waals surface area contributed by atoms with E-state index in [1.165, 1.54) is 12.1 Å². The Morgan fingerprint density at radius 2 is 1.73 bits per heavy atom. The number of terminal acetylenes is 1. The molecule has 0 spiro atoms. The molecule has 1 heterocycles. The maximum absolute atomic E-state index is 13.3. The van der Waals surface area contributed by atoms with E-state index in [1.54, 1.807) is 12.1 Å². The summed E-state index contributed by atoms with van der Waals surface area (Å²) in [5.74, 6) is 2.76. The normalized spacial score (nSPS) is 10.9. The van der Waals surface area contributed by atoms with Crippen molar-refractivity contribution >= 4 is 10.9 Å². The molecule has 2 aromatic carbocycles. The van der Waals surface area contributed by atoms with Gasteiger partial charge in [-0.05, 0) is 29.7 Å². The smallest absolute Gasteiger partial charge is 0.123 e. The van der Waals surface area contributed by atoms with Crippen molar-refractivity contribution < 1.29 is 4.39 Å². The average molecular weight is 289 g/mol. The van der Waals surface area contributed by atoms with Crippen LogP contribution in [0.15, 0.2) is 48.5 Å². The van der Waals surface area contributed by atoms with Gasteiger partial charge in [-0.2, -0.15) is 0 Å². The number of fused-ring (bicyclic) bond motifs is 1. The van der Waals surface area contributed by atoms with Crippen LogP contribution in [0.2, 0.25) is 0 Å². The third kappa shape index (κ3) is 2.35. The lowest BCUT2D eigenvalue weighted by Gasteiger charge is -2.16. The van der Waals surface area contributed by atoms with Gasteiger partial charge in [0.2, 0.25) is 0 Å². The molecule has 1 aromatic heterocycles. The van der Waals surface area contributed by atoms with Gasteiger partial charge >= 0.3 is 0 Å². The molecule has 22 heavy (non-hydrogen) atoms. The van der Waals surface area contributed by atoms with Gasteiger partial charge < -0.3 is 0 Å². The molecule has 3 aromatic rings. The summed E-state index contributed by atoms with van der Waals surface area (Å²) in [5, 5.41) is 0.992. The molecule has 0 fully saturated rings. The number of benzene rings is 2. The molecule has 0 aliphatic heterocycles. The summed E-state index contributed by atoms with van der Waals surface area (Å²) in [7, 11) is 0. The van der Waals surface area contributed by atoms with Gasteiger partial charge in [-0.1, -0.05) is 50.1 Å². The van der Waals surface area contributed by atoms with Gasteiger partial charge in [0.15, 0.2) is 0 Å². The van der Waals surface area contributed by atoms with Crippen LogP contribution in [0.3, 0.4) is 0 Å². The number of pyridine rings is 1. The zero-order valence-electron chi connectivity index (χ0n) is 12.6. The summed E-state index contributed by atoms with van der Waals surface area (Å²) in [6.45, 7) is 4.15. The highest BCUT2D eigenvalue weighted by Gasteiger charge is 2.17. The highest BCUT2D eigenvalue weighted by Crippen LogP contribution is 2.35. The minimum absolute atomic E-state index is 0.217. The molecule has 3 rings (SSSR count). The monoisotopic (exact) mass is 289 g/mol. The Morgan fingerprint density at radius 1 is 1.05 bits per heavy atom. The summed E-state index contributed by atoms with van der Waals surface area (Å²) in [5.41, 5.74) is 4.47. The molecular formula is C20H16FN. The Kier molecular flexibility index (Phi) is 3.65. The maximum atomic E-state index is 13.3. The predicted octanol–water partition coefficient (Wildman–Crippen LogP) is 5.15. The van der Waals surface area contributed by atoms with Gasteiger partial charge in [-0.15, -0.1) is 6.42 Å². The van der Waals surface area contributed by atoms with Gasteiger partial charge in [0.25, 0.3) is 0 Å². The number of hydrogen-bond acceptors (Lipinski definition) is 1. The molecule has 0 amide bonds. The first-order chi connectivity index (χ1) is 10.6.